The van der Waals surface area contributed by atoms with Gasteiger partial charge in [0.2, 0.25) is 0 Å². The molecule has 3 heteroatoms. The number of amides is 1. The van der Waals surface area contributed by atoms with Gasteiger partial charge in [0, 0.05) is 11.4 Å². The minimum atomic E-state index is -0.149. The molecule has 1 N–H and O–H groups in total. The fourth-order valence-electron chi connectivity index (χ4n) is 2.25. The van der Waals surface area contributed by atoms with Gasteiger partial charge < -0.3 is 5.32 Å². The maximum absolute atomic E-state index is 12.3. The predicted molar refractivity (Wildman–Crippen MR) is 82.1 cm³/mol. The lowest BCUT2D eigenvalue weighted by atomic mass is 10.0. The Morgan fingerprint density at radius 1 is 1.05 bits per heavy atom. The molecule has 0 saturated carbocycles. The Bertz CT molecular complexity index is 598. The van der Waals surface area contributed by atoms with Crippen LogP contribution in [-0.4, -0.2) is 10.9 Å². The Kier molecular flexibility index (Phi) is 4.51. The highest BCUT2D eigenvalue weighted by atomic mass is 16.1. The molecule has 0 saturated heterocycles. The van der Waals surface area contributed by atoms with E-state index in [9.17, 15) is 4.79 Å². The molecule has 0 unspecified atom stereocenters. The van der Waals surface area contributed by atoms with Gasteiger partial charge in [0.1, 0.15) is 5.69 Å². The highest BCUT2D eigenvalue weighted by Gasteiger charge is 2.12. The molecular weight excluding hydrogens is 248 g/mol. The van der Waals surface area contributed by atoms with Crippen molar-refractivity contribution >= 4 is 11.6 Å². The van der Waals surface area contributed by atoms with Crippen molar-refractivity contribution in [2.75, 3.05) is 5.32 Å². The monoisotopic (exact) mass is 268 g/mol. The smallest absolute Gasteiger partial charge is 0.274 e. The van der Waals surface area contributed by atoms with E-state index in [1.165, 1.54) is 0 Å². The Labute approximate surface area is 120 Å². The number of aromatic nitrogens is 1. The van der Waals surface area contributed by atoms with Crippen LogP contribution in [0.1, 0.15) is 41.2 Å². The van der Waals surface area contributed by atoms with E-state index in [0.29, 0.717) is 5.69 Å². The molecule has 0 radical (unpaired) electrons. The number of anilines is 1. The van der Waals surface area contributed by atoms with Gasteiger partial charge in [0.05, 0.1) is 0 Å². The zero-order valence-electron chi connectivity index (χ0n) is 12.2. The molecule has 1 aromatic heterocycles. The third-order valence-corrected chi connectivity index (χ3v) is 3.36. The summed E-state index contributed by atoms with van der Waals surface area (Å²) in [7, 11) is 0. The molecule has 1 aromatic carbocycles. The topological polar surface area (TPSA) is 42.0 Å². The number of carbonyl (C=O) groups excluding carboxylic acids is 1. The number of nitrogens with one attached hydrogen (secondary N) is 1. The van der Waals surface area contributed by atoms with E-state index in [4.69, 9.17) is 0 Å². The molecule has 0 atom stereocenters. The van der Waals surface area contributed by atoms with E-state index >= 15 is 0 Å². The summed E-state index contributed by atoms with van der Waals surface area (Å²) in [6.45, 7) is 6.07. The number of rotatable bonds is 4. The zero-order chi connectivity index (χ0) is 14.5. The lowest BCUT2D eigenvalue weighted by Crippen LogP contribution is -2.16. The number of para-hydroxylation sites is 1. The van der Waals surface area contributed by atoms with Gasteiger partial charge in [-0.3, -0.25) is 4.79 Å². The van der Waals surface area contributed by atoms with E-state index in [1.54, 1.807) is 6.07 Å². The lowest BCUT2D eigenvalue weighted by Gasteiger charge is -2.14. The van der Waals surface area contributed by atoms with E-state index in [0.717, 1.165) is 35.3 Å². The standard InChI is InChI=1S/C17H20N2O/c1-4-13-9-7-10-14(5-2)16(13)19-17(20)15-11-6-8-12(3)18-15/h6-11H,4-5H2,1-3H3,(H,19,20). The molecular formula is C17H20N2O. The van der Waals surface area contributed by atoms with Gasteiger partial charge in [-0.15, -0.1) is 0 Å². The number of carbonyl (C=O) groups is 1. The largest absolute Gasteiger partial charge is 0.320 e. The molecule has 3 nitrogen and oxygen atoms in total. The van der Waals surface area contributed by atoms with Crippen molar-refractivity contribution in [3.8, 4) is 0 Å². The van der Waals surface area contributed by atoms with E-state index in [2.05, 4.69) is 36.3 Å². The second-order valence-electron chi connectivity index (χ2n) is 4.78. The van der Waals surface area contributed by atoms with Gasteiger partial charge in [-0.05, 0) is 43.0 Å². The maximum atomic E-state index is 12.3. The number of hydrogen-bond donors (Lipinski definition) is 1. The quantitative estimate of drug-likeness (QED) is 0.917. The first-order chi connectivity index (χ1) is 9.65. The van der Waals surface area contributed by atoms with Crippen molar-refractivity contribution in [1.82, 2.24) is 4.98 Å². The first-order valence-corrected chi connectivity index (χ1v) is 7.01. The Morgan fingerprint density at radius 2 is 1.65 bits per heavy atom. The van der Waals surface area contributed by atoms with Crippen molar-refractivity contribution in [1.29, 1.82) is 0 Å². The predicted octanol–water partition coefficient (Wildman–Crippen LogP) is 3.77. The van der Waals surface area contributed by atoms with Crippen LogP contribution in [0.4, 0.5) is 5.69 Å². The Morgan fingerprint density at radius 3 is 2.20 bits per heavy atom. The highest BCUT2D eigenvalue weighted by Crippen LogP contribution is 2.23. The summed E-state index contributed by atoms with van der Waals surface area (Å²) < 4.78 is 0. The maximum Gasteiger partial charge on any atom is 0.274 e. The number of benzene rings is 1. The van der Waals surface area contributed by atoms with Gasteiger partial charge in [-0.2, -0.15) is 0 Å². The van der Waals surface area contributed by atoms with Crippen molar-refractivity contribution in [2.45, 2.75) is 33.6 Å². The van der Waals surface area contributed by atoms with Crippen molar-refractivity contribution in [2.24, 2.45) is 0 Å². The molecule has 20 heavy (non-hydrogen) atoms. The van der Waals surface area contributed by atoms with Crippen LogP contribution in [0.15, 0.2) is 36.4 Å². The molecule has 0 aliphatic heterocycles. The van der Waals surface area contributed by atoms with Crippen LogP contribution in [0.3, 0.4) is 0 Å². The second kappa shape index (κ2) is 6.33. The molecule has 104 valence electrons. The third-order valence-electron chi connectivity index (χ3n) is 3.36. The second-order valence-corrected chi connectivity index (χ2v) is 4.78. The number of aryl methyl sites for hydroxylation is 3. The van der Waals surface area contributed by atoms with Crippen LogP contribution in [0, 0.1) is 6.92 Å². The summed E-state index contributed by atoms with van der Waals surface area (Å²) >= 11 is 0. The molecule has 0 spiro atoms. The number of nitrogens with zero attached hydrogens (tertiary/aromatic N) is 1. The first kappa shape index (κ1) is 14.3. The Balaban J connectivity index is 2.32. The fourth-order valence-corrected chi connectivity index (χ4v) is 2.25. The summed E-state index contributed by atoms with van der Waals surface area (Å²) in [5, 5.41) is 3.02. The van der Waals surface area contributed by atoms with Crippen molar-refractivity contribution in [3.05, 3.63) is 58.9 Å². The SMILES string of the molecule is CCc1cccc(CC)c1NC(=O)c1cccc(C)n1. The van der Waals surface area contributed by atoms with Gasteiger partial charge >= 0.3 is 0 Å². The normalized spacial score (nSPS) is 10.3. The summed E-state index contributed by atoms with van der Waals surface area (Å²) in [6, 6.07) is 11.6. The minimum Gasteiger partial charge on any atom is -0.320 e. The molecule has 2 rings (SSSR count). The molecule has 1 heterocycles. The zero-order valence-corrected chi connectivity index (χ0v) is 12.2. The molecule has 1 amide bonds. The molecule has 0 bridgehead atoms. The molecule has 0 fully saturated rings. The van der Waals surface area contributed by atoms with Crippen molar-refractivity contribution < 1.29 is 4.79 Å². The summed E-state index contributed by atoms with van der Waals surface area (Å²) in [4.78, 5) is 16.6. The third kappa shape index (κ3) is 3.05. The average Bonchev–Trinajstić information content (AvgIpc) is 2.47. The summed E-state index contributed by atoms with van der Waals surface area (Å²) in [5.41, 5.74) is 4.55. The van der Waals surface area contributed by atoms with Crippen LogP contribution >= 0.6 is 0 Å². The van der Waals surface area contributed by atoms with Crippen LogP contribution in [0.25, 0.3) is 0 Å². The molecule has 2 aromatic rings. The minimum absolute atomic E-state index is 0.149. The van der Waals surface area contributed by atoms with Crippen LogP contribution in [0.5, 0.6) is 0 Å². The highest BCUT2D eigenvalue weighted by molar-refractivity contribution is 6.03. The van der Waals surface area contributed by atoms with Crippen molar-refractivity contribution in [3.63, 3.8) is 0 Å². The van der Waals surface area contributed by atoms with Gasteiger partial charge in [0.15, 0.2) is 0 Å². The molecule has 0 aliphatic carbocycles. The fraction of sp³-hybridized carbons (Fsp3) is 0.294. The Hall–Kier alpha value is -2.16. The van der Waals surface area contributed by atoms with Gasteiger partial charge in [0.25, 0.3) is 5.91 Å². The van der Waals surface area contributed by atoms with Gasteiger partial charge in [-0.25, -0.2) is 4.98 Å². The lowest BCUT2D eigenvalue weighted by molar-refractivity contribution is 0.102. The van der Waals surface area contributed by atoms with E-state index in [-0.39, 0.29) is 5.91 Å². The van der Waals surface area contributed by atoms with E-state index < -0.39 is 0 Å². The molecule has 0 aliphatic rings. The van der Waals surface area contributed by atoms with Crippen LogP contribution < -0.4 is 5.32 Å². The number of hydrogen-bond acceptors (Lipinski definition) is 2. The van der Waals surface area contributed by atoms with E-state index in [1.807, 2.05) is 25.1 Å². The average molecular weight is 268 g/mol. The van der Waals surface area contributed by atoms with Crippen LogP contribution in [0.2, 0.25) is 0 Å². The summed E-state index contributed by atoms with van der Waals surface area (Å²) in [5.74, 6) is -0.149. The first-order valence-electron chi connectivity index (χ1n) is 7.01. The number of pyridine rings is 1. The van der Waals surface area contributed by atoms with Crippen LogP contribution in [-0.2, 0) is 12.8 Å². The summed E-state index contributed by atoms with van der Waals surface area (Å²) in [6.07, 6.45) is 1.79. The van der Waals surface area contributed by atoms with Gasteiger partial charge in [-0.1, -0.05) is 38.1 Å².